The van der Waals surface area contributed by atoms with E-state index in [2.05, 4.69) is 21.8 Å². The van der Waals surface area contributed by atoms with Crippen LogP contribution in [-0.4, -0.2) is 24.7 Å². The summed E-state index contributed by atoms with van der Waals surface area (Å²) in [7, 11) is -3.53. The Labute approximate surface area is 101 Å². The van der Waals surface area contributed by atoms with E-state index in [9.17, 15) is 8.42 Å². The molecule has 0 aliphatic heterocycles. The molecule has 0 spiro atoms. The van der Waals surface area contributed by atoms with Crippen LogP contribution in [0, 0.1) is 5.92 Å². The molecule has 1 aromatic rings. The molecule has 0 saturated heterocycles. The molecule has 0 radical (unpaired) electrons. The smallest absolute Gasteiger partial charge is 0.246 e. The fourth-order valence-corrected chi connectivity index (χ4v) is 3.49. The van der Waals surface area contributed by atoms with Gasteiger partial charge in [0.2, 0.25) is 10.0 Å². The first-order valence-electron chi connectivity index (χ1n) is 5.80. The highest BCUT2D eigenvalue weighted by Crippen LogP contribution is 2.25. The van der Waals surface area contributed by atoms with Crippen LogP contribution in [-0.2, 0) is 10.0 Å². The predicted molar refractivity (Wildman–Crippen MR) is 64.7 cm³/mol. The molecule has 1 heterocycles. The lowest BCUT2D eigenvalue weighted by atomic mass is 9.88. The second-order valence-electron chi connectivity index (χ2n) is 4.73. The highest BCUT2D eigenvalue weighted by Gasteiger charge is 2.26. The summed E-state index contributed by atoms with van der Waals surface area (Å²) < 4.78 is 26.7. The lowest BCUT2D eigenvalue weighted by molar-refractivity contribution is 0.332. The lowest BCUT2D eigenvalue weighted by Gasteiger charge is -2.26. The molecule has 1 aliphatic rings. The van der Waals surface area contributed by atoms with Crippen LogP contribution in [0.2, 0.25) is 0 Å². The average Bonchev–Trinajstić information content (AvgIpc) is 2.68. The van der Waals surface area contributed by atoms with Gasteiger partial charge in [-0.05, 0) is 31.6 Å². The van der Waals surface area contributed by atoms with Gasteiger partial charge < -0.3 is 5.73 Å². The Bertz CT molecular complexity index is 474. The third kappa shape index (κ3) is 2.78. The van der Waals surface area contributed by atoms with Crippen molar-refractivity contribution in [1.29, 1.82) is 0 Å². The Morgan fingerprint density at radius 2 is 2.06 bits per heavy atom. The van der Waals surface area contributed by atoms with Gasteiger partial charge in [0.1, 0.15) is 10.7 Å². The number of nitrogen functional groups attached to an aromatic ring is 1. The molecule has 6 nitrogen and oxygen atoms in total. The Balaban J connectivity index is 2.06. The quantitative estimate of drug-likeness (QED) is 0.748. The molecule has 0 bridgehead atoms. The topological polar surface area (TPSA) is 101 Å². The molecule has 1 fully saturated rings. The van der Waals surface area contributed by atoms with Crippen molar-refractivity contribution >= 4 is 15.8 Å². The molecule has 0 amide bonds. The second-order valence-corrected chi connectivity index (χ2v) is 6.41. The molecule has 7 heteroatoms. The van der Waals surface area contributed by atoms with Crippen molar-refractivity contribution < 1.29 is 8.42 Å². The molecule has 0 atom stereocenters. The summed E-state index contributed by atoms with van der Waals surface area (Å²) in [6.07, 6.45) is 5.14. The third-order valence-electron chi connectivity index (χ3n) is 3.26. The monoisotopic (exact) mass is 258 g/mol. The first kappa shape index (κ1) is 12.4. The first-order valence-corrected chi connectivity index (χ1v) is 7.28. The zero-order valence-corrected chi connectivity index (χ0v) is 10.6. The minimum atomic E-state index is -3.53. The van der Waals surface area contributed by atoms with Gasteiger partial charge in [-0.15, -0.1) is 0 Å². The van der Waals surface area contributed by atoms with Crippen molar-refractivity contribution in [3.8, 4) is 0 Å². The van der Waals surface area contributed by atoms with E-state index in [0.29, 0.717) is 5.92 Å². The van der Waals surface area contributed by atoms with Gasteiger partial charge in [-0.1, -0.05) is 6.92 Å². The van der Waals surface area contributed by atoms with Crippen molar-refractivity contribution in [3.05, 3.63) is 6.20 Å². The summed E-state index contributed by atoms with van der Waals surface area (Å²) in [5.41, 5.74) is 5.52. The zero-order chi connectivity index (χ0) is 12.5. The number of aromatic nitrogens is 2. The van der Waals surface area contributed by atoms with Gasteiger partial charge in [0.25, 0.3) is 0 Å². The molecule has 1 aromatic heterocycles. The summed E-state index contributed by atoms with van der Waals surface area (Å²) in [5, 5.41) is 6.05. The van der Waals surface area contributed by atoms with E-state index in [4.69, 9.17) is 5.73 Å². The number of hydrogen-bond donors (Lipinski definition) is 3. The number of nitrogens with zero attached hydrogens (tertiary/aromatic N) is 1. The highest BCUT2D eigenvalue weighted by molar-refractivity contribution is 7.89. The maximum absolute atomic E-state index is 12.0. The van der Waals surface area contributed by atoms with Crippen molar-refractivity contribution in [1.82, 2.24) is 14.9 Å². The van der Waals surface area contributed by atoms with E-state index in [0.717, 1.165) is 25.7 Å². The number of rotatable bonds is 3. The first-order chi connectivity index (χ1) is 7.99. The average molecular weight is 258 g/mol. The van der Waals surface area contributed by atoms with E-state index in [1.54, 1.807) is 0 Å². The summed E-state index contributed by atoms with van der Waals surface area (Å²) in [5.74, 6) is 0.774. The molecule has 0 unspecified atom stereocenters. The van der Waals surface area contributed by atoms with Crippen LogP contribution in [0.25, 0.3) is 0 Å². The minimum Gasteiger partial charge on any atom is -0.383 e. The van der Waals surface area contributed by atoms with Crippen molar-refractivity contribution in [3.63, 3.8) is 0 Å². The summed E-state index contributed by atoms with van der Waals surface area (Å²) >= 11 is 0. The number of anilines is 1. The van der Waals surface area contributed by atoms with Crippen molar-refractivity contribution in [2.45, 2.75) is 43.5 Å². The molecule has 1 saturated carbocycles. The Kier molecular flexibility index (Phi) is 3.39. The zero-order valence-electron chi connectivity index (χ0n) is 9.81. The van der Waals surface area contributed by atoms with Crippen molar-refractivity contribution in [2.75, 3.05) is 5.73 Å². The third-order valence-corrected chi connectivity index (χ3v) is 4.81. The molecule has 96 valence electrons. The summed E-state index contributed by atoms with van der Waals surface area (Å²) in [4.78, 5) is 0.0381. The molecular weight excluding hydrogens is 240 g/mol. The van der Waals surface area contributed by atoms with Gasteiger partial charge in [-0.2, -0.15) is 5.10 Å². The van der Waals surface area contributed by atoms with Crippen LogP contribution in [0.1, 0.15) is 32.6 Å². The van der Waals surface area contributed by atoms with E-state index in [1.165, 1.54) is 6.20 Å². The predicted octanol–water partition coefficient (Wildman–Crippen LogP) is 0.849. The standard InChI is InChI=1S/C10H18N4O2S/c1-7-2-4-8(5-3-7)14-17(15,16)9-6-12-13-10(9)11/h6-8,14H,2-5H2,1H3,(H3,11,12,13). The van der Waals surface area contributed by atoms with Gasteiger partial charge in [-0.3, -0.25) is 5.10 Å². The van der Waals surface area contributed by atoms with E-state index < -0.39 is 10.0 Å². The Hall–Kier alpha value is -1.08. The fraction of sp³-hybridized carbons (Fsp3) is 0.700. The largest absolute Gasteiger partial charge is 0.383 e. The van der Waals surface area contributed by atoms with Gasteiger partial charge in [0, 0.05) is 6.04 Å². The van der Waals surface area contributed by atoms with Crippen LogP contribution in [0.15, 0.2) is 11.1 Å². The number of nitrogens with one attached hydrogen (secondary N) is 2. The number of aromatic amines is 1. The van der Waals surface area contributed by atoms with Crippen LogP contribution in [0.4, 0.5) is 5.82 Å². The van der Waals surface area contributed by atoms with Crippen LogP contribution in [0.5, 0.6) is 0 Å². The maximum Gasteiger partial charge on any atom is 0.246 e. The number of sulfonamides is 1. The van der Waals surface area contributed by atoms with E-state index in [-0.39, 0.29) is 16.8 Å². The summed E-state index contributed by atoms with van der Waals surface area (Å²) in [6, 6.07) is 0.0190. The normalized spacial score (nSPS) is 25.9. The number of H-pyrrole nitrogens is 1. The van der Waals surface area contributed by atoms with Crippen LogP contribution in [0.3, 0.4) is 0 Å². The Morgan fingerprint density at radius 3 is 2.59 bits per heavy atom. The van der Waals surface area contributed by atoms with E-state index >= 15 is 0 Å². The molecule has 4 N–H and O–H groups in total. The molecule has 17 heavy (non-hydrogen) atoms. The van der Waals surface area contributed by atoms with Gasteiger partial charge in [-0.25, -0.2) is 13.1 Å². The second kappa shape index (κ2) is 4.66. The molecule has 1 aliphatic carbocycles. The van der Waals surface area contributed by atoms with Gasteiger partial charge in [0.05, 0.1) is 6.20 Å². The SMILES string of the molecule is CC1CCC(NS(=O)(=O)c2cn[nH]c2N)CC1. The maximum atomic E-state index is 12.0. The molecule has 0 aromatic carbocycles. The molecular formula is C10H18N4O2S. The fourth-order valence-electron chi connectivity index (χ4n) is 2.16. The van der Waals surface area contributed by atoms with Gasteiger partial charge >= 0.3 is 0 Å². The number of hydrogen-bond acceptors (Lipinski definition) is 4. The van der Waals surface area contributed by atoms with E-state index in [1.807, 2.05) is 0 Å². The summed E-state index contributed by atoms with van der Waals surface area (Å²) in [6.45, 7) is 2.19. The van der Waals surface area contributed by atoms with Crippen LogP contribution < -0.4 is 10.5 Å². The minimum absolute atomic E-state index is 0.0190. The number of nitrogens with two attached hydrogens (primary N) is 1. The Morgan fingerprint density at radius 1 is 1.41 bits per heavy atom. The molecule has 2 rings (SSSR count). The van der Waals surface area contributed by atoms with Crippen LogP contribution >= 0.6 is 0 Å². The highest BCUT2D eigenvalue weighted by atomic mass is 32.2. The lowest BCUT2D eigenvalue weighted by Crippen LogP contribution is -2.37. The van der Waals surface area contributed by atoms with Crippen molar-refractivity contribution in [2.24, 2.45) is 5.92 Å². The van der Waals surface area contributed by atoms with Gasteiger partial charge in [0.15, 0.2) is 0 Å².